The van der Waals surface area contributed by atoms with Crippen LogP contribution < -0.4 is 5.73 Å². The van der Waals surface area contributed by atoms with Crippen LogP contribution in [0.25, 0.3) is 11.1 Å². The van der Waals surface area contributed by atoms with E-state index in [0.29, 0.717) is 12.1 Å². The van der Waals surface area contributed by atoms with Gasteiger partial charge >= 0.3 is 0 Å². The van der Waals surface area contributed by atoms with Gasteiger partial charge in [0, 0.05) is 0 Å². The molecule has 0 spiro atoms. The van der Waals surface area contributed by atoms with Crippen LogP contribution in [0, 0.1) is 11.3 Å². The van der Waals surface area contributed by atoms with Crippen LogP contribution in [0.2, 0.25) is 0 Å². The molecule has 2 aromatic carbocycles. The summed E-state index contributed by atoms with van der Waals surface area (Å²) in [6, 6.07) is 18.1. The number of halogens is 1. The summed E-state index contributed by atoms with van der Waals surface area (Å²) in [7, 11) is 0. The highest BCUT2D eigenvalue weighted by Gasteiger charge is 1.99. The molecule has 0 aliphatic rings. The first-order valence-electron chi connectivity index (χ1n) is 5.63. The first kappa shape index (κ1) is 14.2. The summed E-state index contributed by atoms with van der Waals surface area (Å²) >= 11 is 0. The van der Waals surface area contributed by atoms with E-state index in [4.69, 9.17) is 11.0 Å². The van der Waals surface area contributed by atoms with E-state index in [2.05, 4.69) is 24.3 Å². The maximum absolute atomic E-state index is 8.75. The molecule has 0 heterocycles. The fourth-order valence-electron chi connectivity index (χ4n) is 1.81. The second-order valence-corrected chi connectivity index (χ2v) is 3.93. The second kappa shape index (κ2) is 6.80. The summed E-state index contributed by atoms with van der Waals surface area (Å²) in [5.41, 5.74) is 9.78. The van der Waals surface area contributed by atoms with E-state index in [1.165, 1.54) is 11.1 Å². The van der Waals surface area contributed by atoms with Crippen LogP contribution in [-0.2, 0) is 6.42 Å². The van der Waals surface area contributed by atoms with Crippen LogP contribution in [0.15, 0.2) is 48.5 Å². The average molecular weight is 259 g/mol. The summed E-state index contributed by atoms with van der Waals surface area (Å²) in [4.78, 5) is 0. The molecule has 0 bridgehead atoms. The molecule has 0 saturated heterocycles. The number of rotatable bonds is 3. The molecular weight excluding hydrogens is 244 g/mol. The number of hydrogen-bond donors (Lipinski definition) is 1. The minimum atomic E-state index is 0. The lowest BCUT2D eigenvalue weighted by atomic mass is 10.0. The lowest BCUT2D eigenvalue weighted by Crippen LogP contribution is -2.02. The molecule has 2 rings (SSSR count). The normalized spacial score (nSPS) is 9.33. The summed E-state index contributed by atoms with van der Waals surface area (Å²) in [6.45, 7) is 0.664. The Bertz CT molecular complexity index is 541. The monoisotopic (exact) mass is 258 g/mol. The van der Waals surface area contributed by atoms with Gasteiger partial charge in [-0.1, -0.05) is 36.4 Å². The van der Waals surface area contributed by atoms with Crippen LogP contribution in [0.4, 0.5) is 0 Å². The molecule has 0 aromatic heterocycles. The zero-order valence-electron chi connectivity index (χ0n) is 9.97. The molecule has 18 heavy (non-hydrogen) atoms. The molecular formula is C15H15ClN2. The molecule has 92 valence electrons. The minimum absolute atomic E-state index is 0. The van der Waals surface area contributed by atoms with Crippen LogP contribution in [0.3, 0.4) is 0 Å². The minimum Gasteiger partial charge on any atom is -0.330 e. The van der Waals surface area contributed by atoms with E-state index in [1.54, 1.807) is 0 Å². The molecule has 0 aliphatic heterocycles. The van der Waals surface area contributed by atoms with Crippen molar-refractivity contribution >= 4 is 12.4 Å². The summed E-state index contributed by atoms with van der Waals surface area (Å²) < 4.78 is 0. The average Bonchev–Trinajstić information content (AvgIpc) is 2.40. The zero-order chi connectivity index (χ0) is 12.1. The van der Waals surface area contributed by atoms with E-state index in [1.807, 2.05) is 30.3 Å². The van der Waals surface area contributed by atoms with Crippen molar-refractivity contribution < 1.29 is 0 Å². The molecule has 0 fully saturated rings. The van der Waals surface area contributed by atoms with Crippen molar-refractivity contribution in [3.05, 3.63) is 59.7 Å². The maximum atomic E-state index is 8.75. The van der Waals surface area contributed by atoms with Gasteiger partial charge in [0.05, 0.1) is 11.6 Å². The van der Waals surface area contributed by atoms with Gasteiger partial charge in [-0.15, -0.1) is 12.4 Å². The van der Waals surface area contributed by atoms with Crippen molar-refractivity contribution in [1.82, 2.24) is 0 Å². The standard InChI is InChI=1S/C15H14N2.ClH/c16-9-8-12-2-1-3-15(10-12)14-6-4-13(11-17)5-7-14;/h1-7,10H,8-9,16H2;1H. The fraction of sp³-hybridized carbons (Fsp3) is 0.133. The zero-order valence-corrected chi connectivity index (χ0v) is 10.8. The Balaban J connectivity index is 0.00000162. The topological polar surface area (TPSA) is 49.8 Å². The first-order chi connectivity index (χ1) is 8.33. The predicted molar refractivity (Wildman–Crippen MR) is 76.6 cm³/mol. The van der Waals surface area contributed by atoms with Gasteiger partial charge < -0.3 is 5.73 Å². The third-order valence-electron chi connectivity index (χ3n) is 2.71. The van der Waals surface area contributed by atoms with Crippen LogP contribution in [0.1, 0.15) is 11.1 Å². The van der Waals surface area contributed by atoms with Crippen LogP contribution in [0.5, 0.6) is 0 Å². The Morgan fingerprint density at radius 2 is 1.72 bits per heavy atom. The molecule has 2 N–H and O–H groups in total. The number of hydrogen-bond acceptors (Lipinski definition) is 2. The third kappa shape index (κ3) is 3.33. The smallest absolute Gasteiger partial charge is 0.0991 e. The summed E-state index contributed by atoms with van der Waals surface area (Å²) in [6.07, 6.45) is 0.893. The highest BCUT2D eigenvalue weighted by atomic mass is 35.5. The number of nitrogens with two attached hydrogens (primary N) is 1. The molecule has 0 aliphatic carbocycles. The van der Waals surface area contributed by atoms with Gasteiger partial charge in [-0.3, -0.25) is 0 Å². The molecule has 0 unspecified atom stereocenters. The van der Waals surface area contributed by atoms with Gasteiger partial charge in [0.15, 0.2) is 0 Å². The van der Waals surface area contributed by atoms with E-state index >= 15 is 0 Å². The van der Waals surface area contributed by atoms with Crippen molar-refractivity contribution in [1.29, 1.82) is 5.26 Å². The van der Waals surface area contributed by atoms with Gasteiger partial charge in [0.25, 0.3) is 0 Å². The highest BCUT2D eigenvalue weighted by molar-refractivity contribution is 5.85. The second-order valence-electron chi connectivity index (χ2n) is 3.93. The predicted octanol–water partition coefficient (Wildman–Crippen LogP) is 3.15. The van der Waals surface area contributed by atoms with Crippen molar-refractivity contribution in [2.24, 2.45) is 5.73 Å². The Hall–Kier alpha value is -1.82. The van der Waals surface area contributed by atoms with E-state index in [9.17, 15) is 0 Å². The Morgan fingerprint density at radius 3 is 2.33 bits per heavy atom. The fourth-order valence-corrected chi connectivity index (χ4v) is 1.81. The van der Waals surface area contributed by atoms with Gasteiger partial charge in [0.2, 0.25) is 0 Å². The number of nitriles is 1. The Labute approximate surface area is 113 Å². The largest absolute Gasteiger partial charge is 0.330 e. The first-order valence-corrected chi connectivity index (χ1v) is 5.63. The number of benzene rings is 2. The number of nitrogens with zero attached hydrogens (tertiary/aromatic N) is 1. The molecule has 2 nitrogen and oxygen atoms in total. The van der Waals surface area contributed by atoms with E-state index in [-0.39, 0.29) is 12.4 Å². The van der Waals surface area contributed by atoms with Crippen molar-refractivity contribution in [2.75, 3.05) is 6.54 Å². The van der Waals surface area contributed by atoms with E-state index in [0.717, 1.165) is 12.0 Å². The third-order valence-corrected chi connectivity index (χ3v) is 2.71. The van der Waals surface area contributed by atoms with Crippen LogP contribution >= 0.6 is 12.4 Å². The Kier molecular flexibility index (Phi) is 5.38. The Morgan fingerprint density at radius 1 is 1.00 bits per heavy atom. The highest BCUT2D eigenvalue weighted by Crippen LogP contribution is 2.21. The molecule has 0 amide bonds. The van der Waals surface area contributed by atoms with Gasteiger partial charge in [-0.25, -0.2) is 0 Å². The molecule has 0 atom stereocenters. The molecule has 3 heteroatoms. The van der Waals surface area contributed by atoms with Crippen LogP contribution in [-0.4, -0.2) is 6.54 Å². The summed E-state index contributed by atoms with van der Waals surface area (Å²) in [5.74, 6) is 0. The van der Waals surface area contributed by atoms with E-state index < -0.39 is 0 Å². The molecule has 0 saturated carbocycles. The molecule has 2 aromatic rings. The van der Waals surface area contributed by atoms with Crippen molar-refractivity contribution in [3.63, 3.8) is 0 Å². The van der Waals surface area contributed by atoms with Crippen molar-refractivity contribution in [3.8, 4) is 17.2 Å². The van der Waals surface area contributed by atoms with Gasteiger partial charge in [-0.05, 0) is 41.8 Å². The SMILES string of the molecule is Cl.N#Cc1ccc(-c2cccc(CCN)c2)cc1. The lowest BCUT2D eigenvalue weighted by molar-refractivity contribution is 0.969. The van der Waals surface area contributed by atoms with Crippen molar-refractivity contribution in [2.45, 2.75) is 6.42 Å². The lowest BCUT2D eigenvalue weighted by Gasteiger charge is -2.04. The summed E-state index contributed by atoms with van der Waals surface area (Å²) in [5, 5.41) is 8.75. The molecule has 0 radical (unpaired) electrons. The maximum Gasteiger partial charge on any atom is 0.0991 e. The van der Waals surface area contributed by atoms with Gasteiger partial charge in [0.1, 0.15) is 0 Å². The van der Waals surface area contributed by atoms with Gasteiger partial charge in [-0.2, -0.15) is 5.26 Å². The quantitative estimate of drug-likeness (QED) is 0.919.